The number of hydrogen-bond donors (Lipinski definition) is 3. The zero-order valence-corrected chi connectivity index (χ0v) is 14.9. The maximum absolute atomic E-state index is 9.78. The second-order valence-electron chi connectivity index (χ2n) is 6.71. The van der Waals surface area contributed by atoms with Gasteiger partial charge in [-0.2, -0.15) is 0 Å². The van der Waals surface area contributed by atoms with E-state index in [2.05, 4.69) is 6.58 Å². The fraction of sp³-hybridized carbons (Fsp3) is 0.895. The molecule has 0 bridgehead atoms. The van der Waals surface area contributed by atoms with Crippen LogP contribution in [0, 0.1) is 0 Å². The third-order valence-corrected chi connectivity index (χ3v) is 4.62. The normalized spacial score (nSPS) is 25.0. The molecule has 0 aromatic heterocycles. The zero-order valence-electron chi connectivity index (χ0n) is 14.9. The molecule has 1 aliphatic rings. The maximum atomic E-state index is 9.78. The number of allylic oxidation sites excluding steroid dienone is 1. The minimum atomic E-state index is -0.978. The van der Waals surface area contributed by atoms with E-state index in [0.717, 1.165) is 19.3 Å². The molecular formula is C19H36O5. The molecular weight excluding hydrogens is 308 g/mol. The number of rotatable bonds is 15. The summed E-state index contributed by atoms with van der Waals surface area (Å²) < 4.78 is 10.9. The Balaban J connectivity index is 1.93. The van der Waals surface area contributed by atoms with Gasteiger partial charge in [0.05, 0.1) is 13.2 Å². The second kappa shape index (κ2) is 13.8. The molecule has 24 heavy (non-hydrogen) atoms. The minimum Gasteiger partial charge on any atom is -0.394 e. The number of aliphatic hydroxyl groups excluding tert-OH is 3. The van der Waals surface area contributed by atoms with Gasteiger partial charge in [0, 0.05) is 6.61 Å². The van der Waals surface area contributed by atoms with Crippen molar-refractivity contribution in [1.29, 1.82) is 0 Å². The van der Waals surface area contributed by atoms with Crippen molar-refractivity contribution in [3.05, 3.63) is 12.7 Å². The van der Waals surface area contributed by atoms with Crippen molar-refractivity contribution in [3.8, 4) is 0 Å². The lowest BCUT2D eigenvalue weighted by Gasteiger charge is -2.24. The van der Waals surface area contributed by atoms with E-state index in [1.165, 1.54) is 44.9 Å². The second-order valence-corrected chi connectivity index (χ2v) is 6.71. The van der Waals surface area contributed by atoms with E-state index in [0.29, 0.717) is 6.61 Å². The Morgan fingerprint density at radius 3 is 2.08 bits per heavy atom. The van der Waals surface area contributed by atoms with Gasteiger partial charge in [-0.25, -0.2) is 0 Å². The van der Waals surface area contributed by atoms with Gasteiger partial charge in [0.15, 0.2) is 0 Å². The topological polar surface area (TPSA) is 79.2 Å². The first-order chi connectivity index (χ1) is 11.7. The Labute approximate surface area is 146 Å². The predicted octanol–water partition coefficient (Wildman–Crippen LogP) is 2.57. The fourth-order valence-electron chi connectivity index (χ4n) is 3.07. The van der Waals surface area contributed by atoms with Gasteiger partial charge in [0.2, 0.25) is 0 Å². The van der Waals surface area contributed by atoms with Gasteiger partial charge in [0.25, 0.3) is 0 Å². The van der Waals surface area contributed by atoms with Gasteiger partial charge in [-0.1, -0.05) is 51.0 Å². The molecule has 0 aliphatic carbocycles. The summed E-state index contributed by atoms with van der Waals surface area (Å²) in [6.07, 6.45) is 11.1. The summed E-state index contributed by atoms with van der Waals surface area (Å²) in [6.45, 7) is 4.17. The van der Waals surface area contributed by atoms with Crippen LogP contribution < -0.4 is 0 Å². The Hall–Kier alpha value is -0.460. The van der Waals surface area contributed by atoms with Gasteiger partial charge in [0.1, 0.15) is 24.4 Å². The highest BCUT2D eigenvalue weighted by molar-refractivity contribution is 4.88. The highest BCUT2D eigenvalue weighted by Crippen LogP contribution is 2.20. The monoisotopic (exact) mass is 344 g/mol. The summed E-state index contributed by atoms with van der Waals surface area (Å²) in [5.74, 6) is 0. The van der Waals surface area contributed by atoms with Crippen LogP contribution >= 0.6 is 0 Å². The summed E-state index contributed by atoms with van der Waals surface area (Å²) >= 11 is 0. The molecule has 0 radical (unpaired) electrons. The average molecular weight is 344 g/mol. The predicted molar refractivity (Wildman–Crippen MR) is 94.9 cm³/mol. The maximum Gasteiger partial charge on any atom is 0.114 e. The number of ether oxygens (including phenoxy) is 2. The summed E-state index contributed by atoms with van der Waals surface area (Å²) in [4.78, 5) is 0. The van der Waals surface area contributed by atoms with Crippen LogP contribution in [0.25, 0.3) is 0 Å². The van der Waals surface area contributed by atoms with Gasteiger partial charge in [-0.3, -0.25) is 0 Å². The Morgan fingerprint density at radius 1 is 1.00 bits per heavy atom. The number of hydrogen-bond acceptors (Lipinski definition) is 5. The lowest BCUT2D eigenvalue weighted by molar-refractivity contribution is -0.101. The van der Waals surface area contributed by atoms with Gasteiger partial charge in [-0.15, -0.1) is 6.58 Å². The van der Waals surface area contributed by atoms with Crippen molar-refractivity contribution in [3.63, 3.8) is 0 Å². The van der Waals surface area contributed by atoms with Crippen molar-refractivity contribution in [2.75, 3.05) is 19.8 Å². The van der Waals surface area contributed by atoms with Crippen LogP contribution in [-0.4, -0.2) is 59.6 Å². The molecule has 0 spiro atoms. The zero-order chi connectivity index (χ0) is 17.6. The van der Waals surface area contributed by atoms with Crippen LogP contribution in [0.5, 0.6) is 0 Å². The third kappa shape index (κ3) is 8.58. The number of unbranched alkanes of at least 4 members (excludes halogenated alkanes) is 9. The third-order valence-electron chi connectivity index (χ3n) is 4.62. The van der Waals surface area contributed by atoms with Gasteiger partial charge < -0.3 is 24.8 Å². The quantitative estimate of drug-likeness (QED) is 0.314. The van der Waals surface area contributed by atoms with Crippen LogP contribution in [0.2, 0.25) is 0 Å². The largest absolute Gasteiger partial charge is 0.394 e. The van der Waals surface area contributed by atoms with E-state index >= 15 is 0 Å². The van der Waals surface area contributed by atoms with Crippen LogP contribution in [0.1, 0.15) is 64.2 Å². The van der Waals surface area contributed by atoms with Crippen LogP contribution in [0.15, 0.2) is 12.7 Å². The standard InChI is InChI=1S/C19H36O5/c1-2-3-4-5-6-7-8-9-10-11-12-13-23-17(14-20)19-18(22)16(21)15-24-19/h2,16-22H,1,3-15H2/t16-,17+,18+,19+/m1/s1. The van der Waals surface area contributed by atoms with Gasteiger partial charge >= 0.3 is 0 Å². The smallest absolute Gasteiger partial charge is 0.114 e. The highest BCUT2D eigenvalue weighted by Gasteiger charge is 2.40. The lowest BCUT2D eigenvalue weighted by atomic mass is 10.1. The minimum absolute atomic E-state index is 0.0965. The number of aliphatic hydroxyl groups is 3. The van der Waals surface area contributed by atoms with Crippen molar-refractivity contribution >= 4 is 0 Å². The molecule has 0 aromatic carbocycles. The van der Waals surface area contributed by atoms with Crippen LogP contribution in [0.4, 0.5) is 0 Å². The summed E-state index contributed by atoms with van der Waals surface area (Å²) in [5.41, 5.74) is 0. The van der Waals surface area contributed by atoms with Gasteiger partial charge in [-0.05, 0) is 19.3 Å². The SMILES string of the molecule is C=CCCCCCCCCCCCO[C@@H](CO)[C@@H]1OC[C@@H](O)[C@@H]1O. The van der Waals surface area contributed by atoms with E-state index in [9.17, 15) is 15.3 Å². The average Bonchev–Trinajstić information content (AvgIpc) is 2.92. The molecule has 3 N–H and O–H groups in total. The summed E-state index contributed by atoms with van der Waals surface area (Å²) in [6, 6.07) is 0. The first kappa shape index (κ1) is 21.6. The summed E-state index contributed by atoms with van der Waals surface area (Å²) in [5, 5.41) is 28.6. The molecule has 142 valence electrons. The molecule has 1 fully saturated rings. The molecule has 0 aromatic rings. The van der Waals surface area contributed by atoms with Crippen molar-refractivity contribution in [2.24, 2.45) is 0 Å². The molecule has 5 heteroatoms. The lowest BCUT2D eigenvalue weighted by Crippen LogP contribution is -2.42. The first-order valence-electron chi connectivity index (χ1n) is 9.51. The molecule has 1 saturated heterocycles. The molecule has 0 amide bonds. The van der Waals surface area contributed by atoms with Crippen molar-refractivity contribution < 1.29 is 24.8 Å². The Morgan fingerprint density at radius 2 is 1.58 bits per heavy atom. The molecule has 5 nitrogen and oxygen atoms in total. The summed E-state index contributed by atoms with van der Waals surface area (Å²) in [7, 11) is 0. The molecule has 1 rings (SSSR count). The van der Waals surface area contributed by atoms with E-state index in [1.807, 2.05) is 6.08 Å². The van der Waals surface area contributed by atoms with E-state index in [1.54, 1.807) is 0 Å². The Bertz CT molecular complexity index is 310. The van der Waals surface area contributed by atoms with Crippen LogP contribution in [0.3, 0.4) is 0 Å². The van der Waals surface area contributed by atoms with Crippen LogP contribution in [-0.2, 0) is 9.47 Å². The Kier molecular flexibility index (Phi) is 12.4. The van der Waals surface area contributed by atoms with E-state index in [-0.39, 0.29) is 13.2 Å². The fourth-order valence-corrected chi connectivity index (χ4v) is 3.07. The van der Waals surface area contributed by atoms with Crippen molar-refractivity contribution in [2.45, 2.75) is 88.6 Å². The highest BCUT2D eigenvalue weighted by atomic mass is 16.6. The van der Waals surface area contributed by atoms with E-state index < -0.39 is 24.4 Å². The molecule has 0 saturated carbocycles. The molecule has 1 aliphatic heterocycles. The molecule has 0 unspecified atom stereocenters. The van der Waals surface area contributed by atoms with Crippen molar-refractivity contribution in [1.82, 2.24) is 0 Å². The molecule has 4 atom stereocenters. The first-order valence-corrected chi connectivity index (χ1v) is 9.51. The van der Waals surface area contributed by atoms with E-state index in [4.69, 9.17) is 9.47 Å². The molecule has 1 heterocycles.